The van der Waals surface area contributed by atoms with Gasteiger partial charge >= 0.3 is 0 Å². The first kappa shape index (κ1) is 21.4. The van der Waals surface area contributed by atoms with E-state index in [0.29, 0.717) is 28.7 Å². The van der Waals surface area contributed by atoms with Crippen molar-refractivity contribution in [2.75, 3.05) is 13.9 Å². The Bertz CT molecular complexity index is 1260. The average Bonchev–Trinajstić information content (AvgIpc) is 3.13. The van der Waals surface area contributed by atoms with Gasteiger partial charge in [-0.15, -0.1) is 0 Å². The Balaban J connectivity index is 1.37. The third kappa shape index (κ3) is 4.27. The number of ketones is 1. The topological polar surface area (TPSA) is 63.2 Å². The van der Waals surface area contributed by atoms with Crippen LogP contribution in [0.15, 0.2) is 54.3 Å². The van der Waals surface area contributed by atoms with Crippen molar-refractivity contribution >= 4 is 23.5 Å². The molecule has 0 atom stereocenters. The van der Waals surface area contributed by atoms with Gasteiger partial charge in [-0.05, 0) is 54.5 Å². The summed E-state index contributed by atoms with van der Waals surface area (Å²) < 4.78 is 28.1. The van der Waals surface area contributed by atoms with Crippen molar-refractivity contribution in [3.05, 3.63) is 87.1 Å². The predicted octanol–water partition coefficient (Wildman–Crippen LogP) is 5.72. The van der Waals surface area contributed by atoms with E-state index in [0.717, 1.165) is 33.8 Å². The van der Waals surface area contributed by atoms with Crippen LogP contribution in [0.4, 0.5) is 0 Å². The fourth-order valence-electron chi connectivity index (χ4n) is 3.94. The molecule has 168 valence electrons. The number of rotatable bonds is 5. The van der Waals surface area contributed by atoms with Crippen molar-refractivity contribution in [2.45, 2.75) is 20.1 Å². The minimum atomic E-state index is -0.151. The van der Waals surface area contributed by atoms with Gasteiger partial charge in [0.05, 0.1) is 19.3 Å². The van der Waals surface area contributed by atoms with Crippen LogP contribution >= 0.6 is 11.6 Å². The van der Waals surface area contributed by atoms with Gasteiger partial charge in [0.2, 0.25) is 5.78 Å². The van der Waals surface area contributed by atoms with Crippen LogP contribution in [0.5, 0.6) is 23.0 Å². The summed E-state index contributed by atoms with van der Waals surface area (Å²) >= 11 is 6.24. The number of benzene rings is 3. The molecule has 0 fully saturated rings. The number of fused-ring (bicyclic) bond motifs is 2. The number of ether oxygens (including phenoxy) is 5. The van der Waals surface area contributed by atoms with E-state index in [1.54, 1.807) is 19.3 Å². The van der Waals surface area contributed by atoms with E-state index >= 15 is 0 Å². The molecule has 2 aliphatic heterocycles. The van der Waals surface area contributed by atoms with Crippen molar-refractivity contribution in [3.8, 4) is 23.0 Å². The first-order valence-electron chi connectivity index (χ1n) is 10.4. The number of Topliss-reactive ketones (excluding diaryl/α,β-unsaturated/α-hetero) is 1. The minimum absolute atomic E-state index is 0.151. The van der Waals surface area contributed by atoms with E-state index in [2.05, 4.69) is 0 Å². The van der Waals surface area contributed by atoms with Crippen molar-refractivity contribution in [1.29, 1.82) is 0 Å². The third-order valence-electron chi connectivity index (χ3n) is 5.50. The van der Waals surface area contributed by atoms with Crippen LogP contribution in [-0.4, -0.2) is 19.7 Å². The quantitative estimate of drug-likeness (QED) is 0.450. The normalized spacial score (nSPS) is 15.5. The molecule has 5 rings (SSSR count). The molecule has 0 saturated heterocycles. The van der Waals surface area contributed by atoms with Gasteiger partial charge in [0.25, 0.3) is 0 Å². The molecule has 0 saturated carbocycles. The molecule has 2 heterocycles. The van der Waals surface area contributed by atoms with Crippen molar-refractivity contribution in [3.63, 3.8) is 0 Å². The lowest BCUT2D eigenvalue weighted by Gasteiger charge is -2.21. The van der Waals surface area contributed by atoms with Gasteiger partial charge in [0.1, 0.15) is 29.6 Å². The Kier molecular flexibility index (Phi) is 5.70. The number of aryl methyl sites for hydroxylation is 1. The van der Waals surface area contributed by atoms with E-state index in [1.807, 2.05) is 49.4 Å². The summed E-state index contributed by atoms with van der Waals surface area (Å²) in [4.78, 5) is 12.9. The van der Waals surface area contributed by atoms with E-state index in [1.165, 1.54) is 0 Å². The molecule has 33 heavy (non-hydrogen) atoms. The maximum absolute atomic E-state index is 12.9. The van der Waals surface area contributed by atoms with Gasteiger partial charge in [0.15, 0.2) is 12.6 Å². The first-order valence-corrected chi connectivity index (χ1v) is 10.8. The summed E-state index contributed by atoms with van der Waals surface area (Å²) in [5.41, 5.74) is 3.89. The lowest BCUT2D eigenvalue weighted by atomic mass is 10.0. The molecule has 0 radical (unpaired) electrons. The number of hydrogen-bond acceptors (Lipinski definition) is 6. The van der Waals surface area contributed by atoms with Gasteiger partial charge in [0, 0.05) is 22.2 Å². The molecule has 0 bridgehead atoms. The maximum Gasteiger partial charge on any atom is 0.232 e. The van der Waals surface area contributed by atoms with Gasteiger partial charge in [-0.2, -0.15) is 0 Å². The van der Waals surface area contributed by atoms with Gasteiger partial charge < -0.3 is 23.7 Å². The maximum atomic E-state index is 12.9. The van der Waals surface area contributed by atoms with E-state index in [4.69, 9.17) is 35.3 Å². The number of methoxy groups -OCH3 is 1. The number of carbonyl (C=O) groups is 1. The summed E-state index contributed by atoms with van der Waals surface area (Å²) in [5.74, 6) is 2.67. The number of hydrogen-bond donors (Lipinski definition) is 0. The average molecular weight is 465 g/mol. The zero-order valence-corrected chi connectivity index (χ0v) is 18.9. The van der Waals surface area contributed by atoms with Crippen LogP contribution in [0.3, 0.4) is 0 Å². The molecule has 3 aromatic rings. The van der Waals surface area contributed by atoms with Crippen LogP contribution in [0.1, 0.15) is 32.6 Å². The van der Waals surface area contributed by atoms with Crippen LogP contribution in [-0.2, 0) is 18.0 Å². The van der Waals surface area contributed by atoms with Crippen molar-refractivity contribution in [1.82, 2.24) is 0 Å². The Morgan fingerprint density at radius 2 is 1.91 bits per heavy atom. The standard InChI is InChI=1S/C26H21ClO6/c1-15-7-21(31-13-18-10-19(27)9-17-12-30-14-32-26(17)18)11-22-24(15)25(28)23(33-22)8-16-3-5-20(29-2)6-4-16/h3-11H,12-14H2,1-2H3/b23-8-. The molecular weight excluding hydrogens is 444 g/mol. The Morgan fingerprint density at radius 3 is 2.70 bits per heavy atom. The van der Waals surface area contributed by atoms with Gasteiger partial charge in [-0.1, -0.05) is 23.7 Å². The highest BCUT2D eigenvalue weighted by Crippen LogP contribution is 2.38. The van der Waals surface area contributed by atoms with Gasteiger partial charge in [-0.25, -0.2) is 0 Å². The molecule has 2 aliphatic rings. The third-order valence-corrected chi connectivity index (χ3v) is 5.72. The molecule has 7 heteroatoms. The Labute approximate surface area is 196 Å². The largest absolute Gasteiger partial charge is 0.497 e. The highest BCUT2D eigenvalue weighted by atomic mass is 35.5. The second-order valence-electron chi connectivity index (χ2n) is 7.78. The first-order chi connectivity index (χ1) is 16.0. The second-order valence-corrected chi connectivity index (χ2v) is 8.22. The summed E-state index contributed by atoms with van der Waals surface area (Å²) in [7, 11) is 1.61. The van der Waals surface area contributed by atoms with E-state index in [9.17, 15) is 4.79 Å². The van der Waals surface area contributed by atoms with Crippen molar-refractivity contribution < 1.29 is 28.5 Å². The van der Waals surface area contributed by atoms with Crippen LogP contribution in [0.25, 0.3) is 6.08 Å². The molecule has 0 spiro atoms. The highest BCUT2D eigenvalue weighted by Gasteiger charge is 2.30. The van der Waals surface area contributed by atoms with E-state index in [-0.39, 0.29) is 24.9 Å². The number of allylic oxidation sites excluding steroid dienone is 1. The zero-order chi connectivity index (χ0) is 22.9. The molecular formula is C26H21ClO6. The monoisotopic (exact) mass is 464 g/mol. The molecule has 6 nitrogen and oxygen atoms in total. The minimum Gasteiger partial charge on any atom is -0.497 e. The summed E-state index contributed by atoms with van der Waals surface area (Å²) in [5, 5.41) is 0.592. The lowest BCUT2D eigenvalue weighted by molar-refractivity contribution is -0.0175. The highest BCUT2D eigenvalue weighted by molar-refractivity contribution is 6.30. The molecule has 3 aromatic carbocycles. The lowest BCUT2D eigenvalue weighted by Crippen LogP contribution is -2.14. The fourth-order valence-corrected chi connectivity index (χ4v) is 4.20. The summed E-state index contributed by atoms with van der Waals surface area (Å²) in [6.45, 7) is 2.76. The molecule has 0 aromatic heterocycles. The Morgan fingerprint density at radius 1 is 1.09 bits per heavy atom. The SMILES string of the molecule is COc1ccc(/C=C2\Oc3cc(OCc4cc(Cl)cc5c4OCOC5)cc(C)c3C2=O)cc1. The summed E-state index contributed by atoms with van der Waals surface area (Å²) in [6.07, 6.45) is 1.72. The van der Waals surface area contributed by atoms with Crippen molar-refractivity contribution in [2.24, 2.45) is 0 Å². The van der Waals surface area contributed by atoms with Crippen LogP contribution in [0.2, 0.25) is 5.02 Å². The molecule has 0 aliphatic carbocycles. The number of halogens is 1. The van der Waals surface area contributed by atoms with Crippen LogP contribution < -0.4 is 18.9 Å². The molecule has 0 unspecified atom stereocenters. The molecule has 0 N–H and O–H groups in total. The van der Waals surface area contributed by atoms with Gasteiger partial charge in [-0.3, -0.25) is 4.79 Å². The second kappa shape index (κ2) is 8.81. The smallest absolute Gasteiger partial charge is 0.232 e. The molecule has 0 amide bonds. The van der Waals surface area contributed by atoms with Crippen LogP contribution in [0, 0.1) is 6.92 Å². The fraction of sp³-hybridized carbons (Fsp3) is 0.192. The Hall–Kier alpha value is -3.48. The predicted molar refractivity (Wildman–Crippen MR) is 123 cm³/mol. The number of carbonyl (C=O) groups excluding carboxylic acids is 1. The summed E-state index contributed by atoms with van der Waals surface area (Å²) in [6, 6.07) is 14.6. The zero-order valence-electron chi connectivity index (χ0n) is 18.1. The van der Waals surface area contributed by atoms with E-state index < -0.39 is 0 Å².